The Morgan fingerprint density at radius 2 is 2.12 bits per heavy atom. The van der Waals surface area contributed by atoms with E-state index in [1.807, 2.05) is 29.1 Å². The van der Waals surface area contributed by atoms with Crippen molar-refractivity contribution < 1.29 is 0 Å². The third-order valence-electron chi connectivity index (χ3n) is 2.53. The highest BCUT2D eigenvalue weighted by Crippen LogP contribution is 2.24. The Morgan fingerprint density at radius 1 is 1.35 bits per heavy atom. The van der Waals surface area contributed by atoms with Crippen LogP contribution in [0.3, 0.4) is 0 Å². The lowest BCUT2D eigenvalue weighted by Gasteiger charge is -2.03. The molecule has 0 fully saturated rings. The Kier molecular flexibility index (Phi) is 4.34. The van der Waals surface area contributed by atoms with E-state index in [4.69, 9.17) is 0 Å². The first kappa shape index (κ1) is 12.8. The van der Waals surface area contributed by atoms with Crippen LogP contribution >= 0.6 is 31.9 Å². The lowest BCUT2D eigenvalue weighted by Crippen LogP contribution is -2.00. The molecule has 0 saturated carbocycles. The lowest BCUT2D eigenvalue weighted by molar-refractivity contribution is 0.647. The molecule has 0 N–H and O–H groups in total. The van der Waals surface area contributed by atoms with Crippen LogP contribution in [-0.4, -0.2) is 15.0 Å². The van der Waals surface area contributed by atoms with E-state index in [2.05, 4.69) is 55.2 Å². The Bertz CT molecular complexity index is 496. The lowest BCUT2D eigenvalue weighted by atomic mass is 10.2. The van der Waals surface area contributed by atoms with Gasteiger partial charge in [-0.05, 0) is 18.1 Å². The third kappa shape index (κ3) is 3.16. The van der Waals surface area contributed by atoms with Gasteiger partial charge in [0.15, 0.2) is 0 Å². The van der Waals surface area contributed by atoms with Crippen molar-refractivity contribution in [2.75, 3.05) is 0 Å². The molecule has 0 aliphatic heterocycles. The molecular weight excluding hydrogens is 346 g/mol. The van der Waals surface area contributed by atoms with E-state index < -0.39 is 0 Å². The molecule has 1 heterocycles. The molecule has 0 bridgehead atoms. The first-order valence-electron chi connectivity index (χ1n) is 5.48. The molecule has 0 spiro atoms. The van der Waals surface area contributed by atoms with Gasteiger partial charge in [-0.3, -0.25) is 0 Å². The van der Waals surface area contributed by atoms with E-state index in [1.165, 1.54) is 5.56 Å². The first-order valence-corrected chi connectivity index (χ1v) is 7.19. The smallest absolute Gasteiger partial charge is 0.0963 e. The number of hydrogen-bond donors (Lipinski definition) is 0. The zero-order valence-electron chi connectivity index (χ0n) is 9.48. The molecular formula is C12H13Br2N3. The topological polar surface area (TPSA) is 30.7 Å². The average Bonchev–Trinajstić information content (AvgIpc) is 2.80. The maximum Gasteiger partial charge on any atom is 0.0963 e. The molecule has 90 valence electrons. The highest BCUT2D eigenvalue weighted by atomic mass is 79.9. The number of benzene rings is 1. The Balaban J connectivity index is 2.14. The van der Waals surface area contributed by atoms with Crippen LogP contribution in [-0.2, 0) is 6.54 Å². The normalized spacial score (nSPS) is 12.6. The fourth-order valence-electron chi connectivity index (χ4n) is 1.54. The molecule has 0 radical (unpaired) electrons. The molecule has 3 nitrogen and oxygen atoms in total. The molecule has 1 unspecified atom stereocenters. The molecule has 2 aromatic rings. The Labute approximate surface area is 117 Å². The molecule has 17 heavy (non-hydrogen) atoms. The van der Waals surface area contributed by atoms with Gasteiger partial charge in [0.05, 0.1) is 17.1 Å². The van der Waals surface area contributed by atoms with Crippen molar-refractivity contribution in [3.8, 4) is 0 Å². The van der Waals surface area contributed by atoms with E-state index in [-0.39, 0.29) is 4.83 Å². The van der Waals surface area contributed by atoms with Crippen molar-refractivity contribution in [3.63, 3.8) is 0 Å². The number of nitrogens with zero attached hydrogens (tertiary/aromatic N) is 3. The van der Waals surface area contributed by atoms with Crippen molar-refractivity contribution in [1.29, 1.82) is 0 Å². The predicted molar refractivity (Wildman–Crippen MR) is 75.2 cm³/mol. The van der Waals surface area contributed by atoms with Gasteiger partial charge < -0.3 is 0 Å². The molecule has 0 amide bonds. The largest absolute Gasteiger partial charge is 0.248 e. The Morgan fingerprint density at radius 3 is 2.82 bits per heavy atom. The Hall–Kier alpha value is -0.680. The minimum Gasteiger partial charge on any atom is -0.248 e. The minimum absolute atomic E-state index is 0.287. The molecule has 0 aliphatic rings. The van der Waals surface area contributed by atoms with Gasteiger partial charge in [0.1, 0.15) is 0 Å². The maximum atomic E-state index is 4.16. The van der Waals surface area contributed by atoms with Crippen LogP contribution in [0.15, 0.2) is 34.9 Å². The van der Waals surface area contributed by atoms with Crippen molar-refractivity contribution in [2.24, 2.45) is 0 Å². The van der Waals surface area contributed by atoms with Gasteiger partial charge in [-0.25, -0.2) is 4.68 Å². The fraction of sp³-hybridized carbons (Fsp3) is 0.333. The van der Waals surface area contributed by atoms with Crippen molar-refractivity contribution in [2.45, 2.75) is 24.7 Å². The first-order chi connectivity index (χ1) is 8.20. The summed E-state index contributed by atoms with van der Waals surface area (Å²) in [4.78, 5) is 0.287. The third-order valence-corrected chi connectivity index (χ3v) is 4.42. The van der Waals surface area contributed by atoms with Crippen molar-refractivity contribution >= 4 is 31.9 Å². The van der Waals surface area contributed by atoms with Gasteiger partial charge >= 0.3 is 0 Å². The van der Waals surface area contributed by atoms with E-state index in [0.717, 1.165) is 23.1 Å². The zero-order chi connectivity index (χ0) is 12.3. The molecule has 1 aromatic carbocycles. The highest BCUT2D eigenvalue weighted by Gasteiger charge is 2.10. The predicted octanol–water partition coefficient (Wildman–Crippen LogP) is 3.93. The summed E-state index contributed by atoms with van der Waals surface area (Å²) in [6, 6.07) is 8.15. The molecule has 0 saturated heterocycles. The van der Waals surface area contributed by atoms with Gasteiger partial charge in [0.25, 0.3) is 0 Å². The van der Waals surface area contributed by atoms with Crippen LogP contribution in [0, 0.1) is 0 Å². The van der Waals surface area contributed by atoms with E-state index >= 15 is 0 Å². The van der Waals surface area contributed by atoms with Gasteiger partial charge in [-0.15, -0.1) is 5.10 Å². The summed E-state index contributed by atoms with van der Waals surface area (Å²) < 4.78 is 2.96. The number of halogens is 2. The van der Waals surface area contributed by atoms with E-state index in [9.17, 15) is 0 Å². The summed E-state index contributed by atoms with van der Waals surface area (Å²) in [7, 11) is 0. The summed E-state index contributed by atoms with van der Waals surface area (Å²) in [6.45, 7) is 2.85. The fourth-order valence-corrected chi connectivity index (χ4v) is 2.16. The van der Waals surface area contributed by atoms with Gasteiger partial charge in [-0.2, -0.15) is 0 Å². The second kappa shape index (κ2) is 5.78. The number of hydrogen-bond acceptors (Lipinski definition) is 2. The van der Waals surface area contributed by atoms with Crippen LogP contribution in [0.1, 0.15) is 29.4 Å². The van der Waals surface area contributed by atoms with Crippen LogP contribution in [0.25, 0.3) is 0 Å². The van der Waals surface area contributed by atoms with Crippen LogP contribution in [0.5, 0.6) is 0 Å². The van der Waals surface area contributed by atoms with E-state index in [1.54, 1.807) is 0 Å². The van der Waals surface area contributed by atoms with Crippen LogP contribution in [0.4, 0.5) is 0 Å². The monoisotopic (exact) mass is 357 g/mol. The van der Waals surface area contributed by atoms with Gasteiger partial charge in [-0.1, -0.05) is 62.2 Å². The second-order valence-corrected chi connectivity index (χ2v) is 5.77. The minimum atomic E-state index is 0.287. The molecule has 0 aliphatic carbocycles. The quantitative estimate of drug-likeness (QED) is 0.775. The standard InChI is InChI=1S/C12H13Br2N3/c1-2-10(13)12-8-17(16-15-12)7-9-5-3-4-6-11(9)14/h3-6,8,10H,2,7H2,1H3. The van der Waals surface area contributed by atoms with E-state index in [0.29, 0.717) is 0 Å². The summed E-state index contributed by atoms with van der Waals surface area (Å²) in [5.41, 5.74) is 2.19. The zero-order valence-corrected chi connectivity index (χ0v) is 12.6. The van der Waals surface area contributed by atoms with Gasteiger partial charge in [0.2, 0.25) is 0 Å². The highest BCUT2D eigenvalue weighted by molar-refractivity contribution is 9.10. The number of alkyl halides is 1. The summed E-state index contributed by atoms with van der Waals surface area (Å²) in [5, 5.41) is 8.30. The summed E-state index contributed by atoms with van der Waals surface area (Å²) >= 11 is 7.11. The SMILES string of the molecule is CCC(Br)c1cn(Cc2ccccc2Br)nn1. The van der Waals surface area contributed by atoms with Crippen LogP contribution < -0.4 is 0 Å². The van der Waals surface area contributed by atoms with Crippen LogP contribution in [0.2, 0.25) is 0 Å². The molecule has 2 rings (SSSR count). The maximum absolute atomic E-state index is 4.16. The number of aromatic nitrogens is 3. The second-order valence-electron chi connectivity index (χ2n) is 3.81. The van der Waals surface area contributed by atoms with Crippen molar-refractivity contribution in [1.82, 2.24) is 15.0 Å². The van der Waals surface area contributed by atoms with Gasteiger partial charge in [0, 0.05) is 10.7 Å². The van der Waals surface area contributed by atoms with Crippen molar-refractivity contribution in [3.05, 3.63) is 46.2 Å². The number of rotatable bonds is 4. The molecule has 1 aromatic heterocycles. The molecule has 5 heteroatoms. The summed E-state index contributed by atoms with van der Waals surface area (Å²) in [6.07, 6.45) is 3.00. The summed E-state index contributed by atoms with van der Waals surface area (Å²) in [5.74, 6) is 0. The molecule has 1 atom stereocenters. The average molecular weight is 359 g/mol.